The quantitative estimate of drug-likeness (QED) is 0.485. The molecular formula is C7H14S. The largest absolute Gasteiger partial charge is 0.155 e. The summed E-state index contributed by atoms with van der Waals surface area (Å²) in [6.45, 7) is 9.31. The Kier molecular flexibility index (Phi) is 1.16. The zero-order valence-corrected chi connectivity index (χ0v) is 6.93. The van der Waals surface area contributed by atoms with E-state index >= 15 is 0 Å². The Bertz CT molecular complexity index is 89.0. The fourth-order valence-corrected chi connectivity index (χ4v) is 1.95. The second-order valence-electron chi connectivity index (χ2n) is 3.68. The molecule has 1 heteroatoms. The summed E-state index contributed by atoms with van der Waals surface area (Å²) in [5, 5.41) is 0. The number of thioether (sulfide) groups is 1. The molecule has 1 saturated heterocycles. The normalized spacial score (nSPS) is 31.5. The minimum atomic E-state index is 0.535. The molecular weight excluding hydrogens is 116 g/mol. The molecule has 0 unspecified atom stereocenters. The lowest BCUT2D eigenvalue weighted by atomic mass is 9.81. The van der Waals surface area contributed by atoms with E-state index in [0.717, 1.165) is 0 Å². The maximum atomic E-state index is 2.34. The minimum absolute atomic E-state index is 0.535. The third-order valence-corrected chi connectivity index (χ3v) is 4.56. The fraction of sp³-hybridized carbons (Fsp3) is 1.00. The van der Waals surface area contributed by atoms with E-state index < -0.39 is 0 Å². The van der Waals surface area contributed by atoms with Crippen LogP contribution in [0.5, 0.6) is 0 Å². The Labute approximate surface area is 56.0 Å². The highest BCUT2D eigenvalue weighted by molar-refractivity contribution is 8.02. The van der Waals surface area contributed by atoms with Crippen LogP contribution in [0.3, 0.4) is 0 Å². The van der Waals surface area contributed by atoms with Crippen molar-refractivity contribution in [3.05, 3.63) is 0 Å². The molecule has 0 aliphatic carbocycles. The molecule has 0 atom stereocenters. The van der Waals surface area contributed by atoms with E-state index in [-0.39, 0.29) is 0 Å². The van der Waals surface area contributed by atoms with Crippen molar-refractivity contribution in [3.8, 4) is 0 Å². The second kappa shape index (κ2) is 1.44. The molecule has 1 heterocycles. The van der Waals surface area contributed by atoms with Crippen molar-refractivity contribution >= 4 is 11.8 Å². The van der Waals surface area contributed by atoms with E-state index in [0.29, 0.717) is 10.2 Å². The monoisotopic (exact) mass is 130 g/mol. The average Bonchev–Trinajstić information content (AvgIpc) is 1.64. The van der Waals surface area contributed by atoms with Gasteiger partial charge in [-0.15, -0.1) is 0 Å². The summed E-state index contributed by atoms with van der Waals surface area (Å²) >= 11 is 2.07. The van der Waals surface area contributed by atoms with Gasteiger partial charge in [0.15, 0.2) is 0 Å². The van der Waals surface area contributed by atoms with Crippen molar-refractivity contribution in [1.29, 1.82) is 0 Å². The first-order valence-corrected chi connectivity index (χ1v) is 4.08. The molecule has 1 rings (SSSR count). The van der Waals surface area contributed by atoms with Crippen molar-refractivity contribution in [2.75, 3.05) is 5.75 Å². The van der Waals surface area contributed by atoms with Gasteiger partial charge in [0, 0.05) is 10.5 Å². The molecule has 0 aromatic carbocycles. The molecule has 0 aromatic rings. The van der Waals surface area contributed by atoms with Crippen LogP contribution in [-0.2, 0) is 0 Å². The smallest absolute Gasteiger partial charge is 0.0162 e. The Hall–Kier alpha value is 0.350. The molecule has 0 spiro atoms. The van der Waals surface area contributed by atoms with Gasteiger partial charge < -0.3 is 0 Å². The van der Waals surface area contributed by atoms with Crippen LogP contribution in [0.15, 0.2) is 0 Å². The maximum absolute atomic E-state index is 2.34. The van der Waals surface area contributed by atoms with Crippen LogP contribution < -0.4 is 0 Å². The fourth-order valence-electron chi connectivity index (χ4n) is 0.650. The van der Waals surface area contributed by atoms with Crippen molar-refractivity contribution < 1.29 is 0 Å². The molecule has 48 valence electrons. The van der Waals surface area contributed by atoms with Gasteiger partial charge >= 0.3 is 0 Å². The topological polar surface area (TPSA) is 0 Å². The standard InChI is InChI=1S/C7H14S/c1-6(2)5-8-7(6,3)4/h5H2,1-4H3. The molecule has 1 fully saturated rings. The second-order valence-corrected chi connectivity index (χ2v) is 5.28. The molecule has 1 aliphatic rings. The molecule has 0 aromatic heterocycles. The van der Waals surface area contributed by atoms with E-state index in [1.807, 2.05) is 0 Å². The van der Waals surface area contributed by atoms with Crippen LogP contribution >= 0.6 is 11.8 Å². The van der Waals surface area contributed by atoms with Gasteiger partial charge in [-0.25, -0.2) is 0 Å². The van der Waals surface area contributed by atoms with Gasteiger partial charge in [-0.05, 0) is 5.41 Å². The average molecular weight is 130 g/mol. The van der Waals surface area contributed by atoms with Gasteiger partial charge in [0.05, 0.1) is 0 Å². The predicted octanol–water partition coefficient (Wildman–Crippen LogP) is 2.54. The van der Waals surface area contributed by atoms with E-state index in [9.17, 15) is 0 Å². The summed E-state index contributed by atoms with van der Waals surface area (Å²) < 4.78 is 0.535. The zero-order valence-electron chi connectivity index (χ0n) is 6.12. The van der Waals surface area contributed by atoms with Gasteiger partial charge in [0.1, 0.15) is 0 Å². The molecule has 1 aliphatic heterocycles. The van der Waals surface area contributed by atoms with Crippen molar-refractivity contribution in [3.63, 3.8) is 0 Å². The highest BCUT2D eigenvalue weighted by Gasteiger charge is 2.46. The van der Waals surface area contributed by atoms with Crippen LogP contribution in [0.4, 0.5) is 0 Å². The Morgan fingerprint density at radius 2 is 1.50 bits per heavy atom. The zero-order chi connectivity index (χ0) is 6.41. The number of rotatable bonds is 0. The molecule has 0 radical (unpaired) electrons. The summed E-state index contributed by atoms with van der Waals surface area (Å²) in [4.78, 5) is 0. The van der Waals surface area contributed by atoms with Crippen LogP contribution in [0, 0.1) is 5.41 Å². The van der Waals surface area contributed by atoms with Crippen LogP contribution in [0.25, 0.3) is 0 Å². The van der Waals surface area contributed by atoms with E-state index in [1.165, 1.54) is 5.75 Å². The number of hydrogen-bond donors (Lipinski definition) is 0. The lowest BCUT2D eigenvalue weighted by molar-refractivity contribution is 0.293. The highest BCUT2D eigenvalue weighted by atomic mass is 32.2. The summed E-state index contributed by atoms with van der Waals surface area (Å²) in [5.74, 6) is 1.33. The first-order chi connectivity index (χ1) is 3.46. The number of hydrogen-bond acceptors (Lipinski definition) is 1. The van der Waals surface area contributed by atoms with Gasteiger partial charge in [-0.2, -0.15) is 11.8 Å². The predicted molar refractivity (Wildman–Crippen MR) is 40.3 cm³/mol. The molecule has 0 bridgehead atoms. The Balaban J connectivity index is 2.63. The third-order valence-electron chi connectivity index (χ3n) is 2.42. The molecule has 0 saturated carbocycles. The van der Waals surface area contributed by atoms with Gasteiger partial charge in [0.25, 0.3) is 0 Å². The lowest BCUT2D eigenvalue weighted by Crippen LogP contribution is -2.47. The summed E-state index contributed by atoms with van der Waals surface area (Å²) in [5.41, 5.74) is 0.581. The molecule has 0 nitrogen and oxygen atoms in total. The van der Waals surface area contributed by atoms with Gasteiger partial charge in [-0.3, -0.25) is 0 Å². The van der Waals surface area contributed by atoms with Crippen molar-refractivity contribution in [2.45, 2.75) is 32.4 Å². The van der Waals surface area contributed by atoms with Crippen molar-refractivity contribution in [2.24, 2.45) is 5.41 Å². The Morgan fingerprint density at radius 1 is 1.12 bits per heavy atom. The minimum Gasteiger partial charge on any atom is -0.155 e. The van der Waals surface area contributed by atoms with Crippen LogP contribution in [-0.4, -0.2) is 10.5 Å². The summed E-state index contributed by atoms with van der Waals surface area (Å²) in [6, 6.07) is 0. The van der Waals surface area contributed by atoms with Gasteiger partial charge in [-0.1, -0.05) is 27.7 Å². The van der Waals surface area contributed by atoms with Crippen molar-refractivity contribution in [1.82, 2.24) is 0 Å². The summed E-state index contributed by atoms with van der Waals surface area (Å²) in [6.07, 6.45) is 0. The van der Waals surface area contributed by atoms with E-state index in [2.05, 4.69) is 39.5 Å². The van der Waals surface area contributed by atoms with Crippen LogP contribution in [0.1, 0.15) is 27.7 Å². The lowest BCUT2D eigenvalue weighted by Gasteiger charge is -2.51. The van der Waals surface area contributed by atoms with E-state index in [1.54, 1.807) is 0 Å². The van der Waals surface area contributed by atoms with Gasteiger partial charge in [0.2, 0.25) is 0 Å². The first-order valence-electron chi connectivity index (χ1n) is 3.10. The molecule has 8 heavy (non-hydrogen) atoms. The SMILES string of the molecule is CC1(C)CSC1(C)C. The Morgan fingerprint density at radius 3 is 1.50 bits per heavy atom. The first kappa shape index (κ1) is 6.47. The molecule has 0 amide bonds. The maximum Gasteiger partial charge on any atom is 0.0162 e. The van der Waals surface area contributed by atoms with E-state index in [4.69, 9.17) is 0 Å². The summed E-state index contributed by atoms with van der Waals surface area (Å²) in [7, 11) is 0. The van der Waals surface area contributed by atoms with Crippen LogP contribution in [0.2, 0.25) is 0 Å². The third kappa shape index (κ3) is 0.680. The highest BCUT2D eigenvalue weighted by Crippen LogP contribution is 2.54. The molecule has 0 N–H and O–H groups in total.